The van der Waals surface area contributed by atoms with Crippen LogP contribution < -0.4 is 14.8 Å². The van der Waals surface area contributed by atoms with E-state index in [4.69, 9.17) is 42.6 Å². The molecule has 55 heavy (non-hydrogen) atoms. The summed E-state index contributed by atoms with van der Waals surface area (Å²) in [4.78, 5) is 12.1. The Morgan fingerprint density at radius 1 is 0.582 bits per heavy atom. The third-order valence-electron chi connectivity index (χ3n) is 9.86. The number of amides is 1. The molecule has 4 saturated heterocycles. The predicted octanol–water partition coefficient (Wildman–Crippen LogP) is -6.48. The molecule has 20 atom stereocenters. The molecule has 0 spiro atoms. The molecule has 0 aromatic heterocycles. The Morgan fingerprint density at radius 3 is 1.67 bits per heavy atom. The minimum Gasteiger partial charge on any atom is -0.497 e. The molecule has 1 amide bonds. The third kappa shape index (κ3) is 9.49. The summed E-state index contributed by atoms with van der Waals surface area (Å²) >= 11 is 0. The van der Waals surface area contributed by atoms with Crippen molar-refractivity contribution < 1.29 is 104 Å². The van der Waals surface area contributed by atoms with Gasteiger partial charge in [0.25, 0.3) is 0 Å². The highest BCUT2D eigenvalue weighted by Gasteiger charge is 2.57. The van der Waals surface area contributed by atoms with Crippen LogP contribution >= 0.6 is 0 Å². The first-order valence-electron chi connectivity index (χ1n) is 17.6. The molecule has 0 saturated carbocycles. The maximum atomic E-state index is 12.1. The second-order valence-electron chi connectivity index (χ2n) is 13.6. The molecule has 314 valence electrons. The van der Waals surface area contributed by atoms with E-state index in [2.05, 4.69) is 5.32 Å². The first-order chi connectivity index (χ1) is 26.1. The highest BCUT2D eigenvalue weighted by molar-refractivity contribution is 5.73. The van der Waals surface area contributed by atoms with Gasteiger partial charge in [-0.2, -0.15) is 0 Å². The number of aliphatic hydroxyl groups excluding tert-OH is 11. The van der Waals surface area contributed by atoms with Gasteiger partial charge in [0.2, 0.25) is 12.2 Å². The van der Waals surface area contributed by atoms with E-state index >= 15 is 0 Å². The van der Waals surface area contributed by atoms with Gasteiger partial charge in [-0.25, -0.2) is 0 Å². The van der Waals surface area contributed by atoms with Crippen LogP contribution in [0.3, 0.4) is 0 Å². The Balaban J connectivity index is 1.51. The summed E-state index contributed by atoms with van der Waals surface area (Å²) in [6.07, 6.45) is -32.7. The smallest absolute Gasteiger partial charge is 0.229 e. The number of nitrogens with one attached hydrogen (secondary N) is 1. The molecule has 1 aromatic carbocycles. The van der Waals surface area contributed by atoms with Gasteiger partial charge in [0.15, 0.2) is 18.9 Å². The van der Waals surface area contributed by atoms with Crippen LogP contribution in [-0.4, -0.2) is 212 Å². The number of hydrogen-bond acceptors (Lipinski definition) is 21. The number of aliphatic hydroxyl groups is 11. The van der Waals surface area contributed by atoms with Crippen LogP contribution in [0, 0.1) is 0 Å². The lowest BCUT2D eigenvalue weighted by Crippen LogP contribution is -2.70. The normalized spacial score (nSPS) is 45.1. The van der Waals surface area contributed by atoms with Crippen LogP contribution in [0.2, 0.25) is 0 Å². The van der Waals surface area contributed by atoms with Gasteiger partial charge in [0.1, 0.15) is 103 Å². The molecule has 0 aliphatic carbocycles. The molecule has 5 rings (SSSR count). The predicted molar refractivity (Wildman–Crippen MR) is 175 cm³/mol. The Bertz CT molecular complexity index is 1360. The molecule has 1 aromatic rings. The lowest BCUT2D eigenvalue weighted by atomic mass is 9.94. The minimum atomic E-state index is -1.95. The second kappa shape index (κ2) is 18.9. The summed E-state index contributed by atoms with van der Waals surface area (Å²) in [5.74, 6) is -0.0432. The zero-order valence-electron chi connectivity index (χ0n) is 30.0. The van der Waals surface area contributed by atoms with Crippen molar-refractivity contribution in [2.24, 2.45) is 0 Å². The van der Waals surface area contributed by atoms with Crippen molar-refractivity contribution in [2.45, 2.75) is 137 Å². The SMILES string of the molecule is COc1ccc(O[C@@H]2O[C@H](CO)[C@H](O)[C@H](O[C@H]3O[C@H](CO)[C@H](O)[C@H](O[C@@H]4O[C@H](CO)[C@H](O)[C@H](O)[C@H]4NC(C)=O)[C@H]3O[C@@H]3O[C@@H](C)[C@@H](O)[C@@H](O)[C@@H]3O)[C@H]2O)cc1. The summed E-state index contributed by atoms with van der Waals surface area (Å²) in [5.41, 5.74) is 0. The largest absolute Gasteiger partial charge is 0.497 e. The summed E-state index contributed by atoms with van der Waals surface area (Å²) in [5, 5.41) is 120. The summed E-state index contributed by atoms with van der Waals surface area (Å²) in [6, 6.07) is 4.55. The van der Waals surface area contributed by atoms with Gasteiger partial charge in [-0.15, -0.1) is 0 Å². The molecule has 12 N–H and O–H groups in total. The van der Waals surface area contributed by atoms with Gasteiger partial charge in [-0.1, -0.05) is 0 Å². The number of hydrogen-bond donors (Lipinski definition) is 12. The monoisotopic (exact) mass is 797 g/mol. The van der Waals surface area contributed by atoms with Crippen molar-refractivity contribution in [2.75, 3.05) is 26.9 Å². The van der Waals surface area contributed by atoms with Gasteiger partial charge in [0, 0.05) is 6.92 Å². The van der Waals surface area contributed by atoms with Gasteiger partial charge < -0.3 is 104 Å². The highest BCUT2D eigenvalue weighted by atomic mass is 16.8. The molecule has 22 nitrogen and oxygen atoms in total. The molecule has 0 radical (unpaired) electrons. The fraction of sp³-hybridized carbons (Fsp3) is 0.788. The standard InChI is InChI=1S/C33H51NO21/c1-11-19(39)24(44)25(45)31(48-11)55-29-28(54-30-18(34-12(2)38)23(43)20(40)15(8-35)50-30)22(42)17(10-37)52-33(29)53-27-21(41)16(9-36)51-32(26(27)46)49-14-6-4-13(47-3)5-7-14/h4-7,11,15-33,35-37,39-46H,8-10H2,1-3H3,(H,34,38)/t11-,15+,16+,17+,18+,19+,20-,21-,22-,23+,24+,25-,26+,27-,28-,29+,30-,31-,32+,33+/m0/s1. The Kier molecular flexibility index (Phi) is 15.0. The zero-order valence-corrected chi connectivity index (χ0v) is 30.0. The van der Waals surface area contributed by atoms with Crippen LogP contribution in [0.25, 0.3) is 0 Å². The molecule has 4 fully saturated rings. The summed E-state index contributed by atoms with van der Waals surface area (Å²) in [6.45, 7) is -0.101. The topological polar surface area (TPSA) is 335 Å². The van der Waals surface area contributed by atoms with E-state index in [0.717, 1.165) is 6.92 Å². The van der Waals surface area contributed by atoms with Crippen LogP contribution in [0.4, 0.5) is 0 Å². The van der Waals surface area contributed by atoms with Gasteiger partial charge in [-0.05, 0) is 31.2 Å². The van der Waals surface area contributed by atoms with Gasteiger partial charge >= 0.3 is 0 Å². The molecular weight excluding hydrogens is 746 g/mol. The number of methoxy groups -OCH3 is 1. The van der Waals surface area contributed by atoms with Crippen molar-refractivity contribution >= 4 is 5.91 Å². The van der Waals surface area contributed by atoms with Crippen LogP contribution in [0.1, 0.15) is 13.8 Å². The number of carbonyl (C=O) groups excluding carboxylic acids is 1. The van der Waals surface area contributed by atoms with Crippen LogP contribution in [0.15, 0.2) is 24.3 Å². The Morgan fingerprint density at radius 2 is 1.09 bits per heavy atom. The maximum Gasteiger partial charge on any atom is 0.229 e. The first kappa shape index (κ1) is 43.7. The van der Waals surface area contributed by atoms with E-state index in [9.17, 15) is 61.0 Å². The van der Waals surface area contributed by atoms with Crippen molar-refractivity contribution in [1.82, 2.24) is 5.32 Å². The van der Waals surface area contributed by atoms with Crippen LogP contribution in [0.5, 0.6) is 11.5 Å². The second-order valence-corrected chi connectivity index (χ2v) is 13.6. The molecule has 0 unspecified atom stereocenters. The molecule has 4 aliphatic rings. The Labute approximate surface area is 314 Å². The number of carbonyl (C=O) groups is 1. The summed E-state index contributed by atoms with van der Waals surface area (Å²) in [7, 11) is 1.45. The molecule has 22 heteroatoms. The lowest BCUT2D eigenvalue weighted by molar-refractivity contribution is -0.400. The van der Waals surface area contributed by atoms with Gasteiger partial charge in [0.05, 0.1) is 33.0 Å². The molecular formula is C33H51NO21. The van der Waals surface area contributed by atoms with E-state index in [0.29, 0.717) is 5.75 Å². The average Bonchev–Trinajstić information content (AvgIpc) is 3.17. The minimum absolute atomic E-state index is 0.178. The molecule has 4 heterocycles. The maximum absolute atomic E-state index is 12.1. The van der Waals surface area contributed by atoms with E-state index < -0.39 is 148 Å². The summed E-state index contributed by atoms with van der Waals surface area (Å²) < 4.78 is 51.9. The van der Waals surface area contributed by atoms with E-state index in [-0.39, 0.29) is 5.75 Å². The molecule has 4 aliphatic heterocycles. The zero-order chi connectivity index (χ0) is 40.3. The number of benzene rings is 1. The fourth-order valence-electron chi connectivity index (χ4n) is 6.73. The third-order valence-corrected chi connectivity index (χ3v) is 9.86. The van der Waals surface area contributed by atoms with E-state index in [1.807, 2.05) is 0 Å². The van der Waals surface area contributed by atoms with Gasteiger partial charge in [-0.3, -0.25) is 4.79 Å². The number of rotatable bonds is 13. The lowest BCUT2D eigenvalue weighted by Gasteiger charge is -2.50. The quantitative estimate of drug-likeness (QED) is 0.0883. The molecule has 0 bridgehead atoms. The van der Waals surface area contributed by atoms with Crippen molar-refractivity contribution in [3.8, 4) is 11.5 Å². The van der Waals surface area contributed by atoms with E-state index in [1.165, 1.54) is 26.2 Å². The van der Waals surface area contributed by atoms with E-state index in [1.54, 1.807) is 12.1 Å². The van der Waals surface area contributed by atoms with Crippen molar-refractivity contribution in [3.05, 3.63) is 24.3 Å². The highest BCUT2D eigenvalue weighted by Crippen LogP contribution is 2.36. The van der Waals surface area contributed by atoms with Crippen molar-refractivity contribution in [1.29, 1.82) is 0 Å². The van der Waals surface area contributed by atoms with Crippen LogP contribution in [-0.2, 0) is 38.0 Å². The Hall–Kier alpha value is -2.43. The fourth-order valence-corrected chi connectivity index (χ4v) is 6.73. The van der Waals surface area contributed by atoms with Crippen molar-refractivity contribution in [3.63, 3.8) is 0 Å². The average molecular weight is 798 g/mol. The number of ether oxygens (including phenoxy) is 9. The first-order valence-corrected chi connectivity index (χ1v) is 17.6.